The molecule has 0 aromatic heterocycles. The van der Waals surface area contributed by atoms with Gasteiger partial charge in [0.05, 0.1) is 19.3 Å². The molecule has 6 nitrogen and oxygen atoms in total. The van der Waals surface area contributed by atoms with E-state index in [9.17, 15) is 9.59 Å². The summed E-state index contributed by atoms with van der Waals surface area (Å²) in [5.74, 6) is 1.63. The lowest BCUT2D eigenvalue weighted by Crippen LogP contribution is -2.51. The van der Waals surface area contributed by atoms with Crippen molar-refractivity contribution in [3.8, 4) is 5.75 Å². The van der Waals surface area contributed by atoms with Crippen LogP contribution in [0.3, 0.4) is 0 Å². The normalized spacial score (nSPS) is 18.7. The lowest BCUT2D eigenvalue weighted by Gasteiger charge is -2.33. The first-order chi connectivity index (χ1) is 18.5. The molecule has 2 aliphatic heterocycles. The third kappa shape index (κ3) is 4.89. The molecule has 2 aliphatic rings. The molecule has 1 unspecified atom stereocenters. The molecule has 3 amide bonds. The van der Waals surface area contributed by atoms with Crippen molar-refractivity contribution in [3.05, 3.63) is 89.0 Å². The Morgan fingerprint density at radius 1 is 1.05 bits per heavy atom. The summed E-state index contributed by atoms with van der Waals surface area (Å²) in [6, 6.07) is 21.8. The van der Waals surface area contributed by atoms with Crippen LogP contribution >= 0.6 is 11.8 Å². The average Bonchev–Trinajstić information content (AvgIpc) is 3.45. The highest BCUT2D eigenvalue weighted by Crippen LogP contribution is 2.55. The molecule has 0 radical (unpaired) electrons. The number of thioether (sulfide) groups is 1. The van der Waals surface area contributed by atoms with Gasteiger partial charge in [0.15, 0.2) is 4.87 Å². The first-order valence-corrected chi connectivity index (χ1v) is 14.5. The van der Waals surface area contributed by atoms with Crippen molar-refractivity contribution >= 4 is 35.1 Å². The zero-order valence-electron chi connectivity index (χ0n) is 23.6. The minimum Gasteiger partial charge on any atom is -0.497 e. The molecule has 0 saturated carbocycles. The second kappa shape index (κ2) is 10.3. The Morgan fingerprint density at radius 2 is 1.74 bits per heavy atom. The fraction of sp³-hybridized carbons (Fsp3) is 0.375. The van der Waals surface area contributed by atoms with Gasteiger partial charge in [-0.2, -0.15) is 0 Å². The van der Waals surface area contributed by atoms with E-state index in [1.165, 1.54) is 22.9 Å². The number of nitrogens with zero attached hydrogens (tertiary/aromatic N) is 2. The minimum atomic E-state index is -1.14. The van der Waals surface area contributed by atoms with Gasteiger partial charge in [-0.3, -0.25) is 9.69 Å². The maximum atomic E-state index is 14.3. The minimum absolute atomic E-state index is 0.0542. The van der Waals surface area contributed by atoms with E-state index in [1.54, 1.807) is 12.0 Å². The van der Waals surface area contributed by atoms with E-state index in [4.69, 9.17) is 4.74 Å². The largest absolute Gasteiger partial charge is 0.497 e. The van der Waals surface area contributed by atoms with Gasteiger partial charge in [-0.05, 0) is 58.4 Å². The first kappa shape index (κ1) is 27.1. The van der Waals surface area contributed by atoms with Gasteiger partial charge in [-0.1, -0.05) is 71.0 Å². The highest BCUT2D eigenvalue weighted by molar-refractivity contribution is 8.01. The second-order valence-corrected chi connectivity index (χ2v) is 12.9. The SMILES string of the molecule is COc1ccc2c(c1)C1(SCCN1C(=O)Nc1ccc(C(C)C)cc1)C(=O)N2Cc1ccc(C(C)(C)C)cc1. The fourth-order valence-electron chi connectivity index (χ4n) is 5.31. The van der Waals surface area contributed by atoms with Crippen LogP contribution in [-0.2, 0) is 21.6 Å². The summed E-state index contributed by atoms with van der Waals surface area (Å²) < 4.78 is 5.54. The van der Waals surface area contributed by atoms with Gasteiger partial charge in [0.2, 0.25) is 0 Å². The van der Waals surface area contributed by atoms with Crippen molar-refractivity contribution in [2.24, 2.45) is 0 Å². The number of methoxy groups -OCH3 is 1. The Morgan fingerprint density at radius 3 is 2.36 bits per heavy atom. The lowest BCUT2D eigenvalue weighted by atomic mass is 9.87. The van der Waals surface area contributed by atoms with Gasteiger partial charge in [-0.15, -0.1) is 11.8 Å². The lowest BCUT2D eigenvalue weighted by molar-refractivity contribution is -0.123. The van der Waals surface area contributed by atoms with Crippen molar-refractivity contribution in [2.45, 2.75) is 57.4 Å². The van der Waals surface area contributed by atoms with Crippen LogP contribution in [-0.4, -0.2) is 36.2 Å². The number of ether oxygens (including phenoxy) is 1. The standard InChI is InChI=1S/C32H37N3O3S/c1-21(2)23-9-13-25(14-10-23)33-30(37)35-17-18-39-32(35)27-19-26(38-6)15-16-28(27)34(29(32)36)20-22-7-11-24(12-8-22)31(3,4)5/h7-16,19,21H,17-18,20H2,1-6H3,(H,33,37). The number of amides is 3. The molecule has 0 aliphatic carbocycles. The molecule has 3 aromatic carbocycles. The van der Waals surface area contributed by atoms with Crippen molar-refractivity contribution < 1.29 is 14.3 Å². The number of hydrogen-bond acceptors (Lipinski definition) is 4. The Kier molecular flexibility index (Phi) is 7.14. The molecule has 1 fully saturated rings. The van der Waals surface area contributed by atoms with Crippen LogP contribution < -0.4 is 15.0 Å². The first-order valence-electron chi connectivity index (χ1n) is 13.5. The van der Waals surface area contributed by atoms with E-state index in [2.05, 4.69) is 64.2 Å². The summed E-state index contributed by atoms with van der Waals surface area (Å²) in [6.07, 6.45) is 0. The van der Waals surface area contributed by atoms with E-state index in [-0.39, 0.29) is 17.4 Å². The van der Waals surface area contributed by atoms with Gasteiger partial charge in [0, 0.05) is 23.5 Å². The van der Waals surface area contributed by atoms with Crippen LogP contribution in [0.4, 0.5) is 16.2 Å². The number of carbonyl (C=O) groups excluding carboxylic acids is 2. The smallest absolute Gasteiger partial charge is 0.323 e. The topological polar surface area (TPSA) is 61.9 Å². The van der Waals surface area contributed by atoms with Crippen LogP contribution in [0.5, 0.6) is 5.75 Å². The summed E-state index contributed by atoms with van der Waals surface area (Å²) in [5, 5.41) is 3.04. The van der Waals surface area contributed by atoms with Gasteiger partial charge in [0.1, 0.15) is 5.75 Å². The molecule has 1 saturated heterocycles. The third-order valence-electron chi connectivity index (χ3n) is 7.64. The highest BCUT2D eigenvalue weighted by atomic mass is 32.2. The Hall–Kier alpha value is -3.45. The van der Waals surface area contributed by atoms with E-state index < -0.39 is 4.87 Å². The molecule has 3 aromatic rings. The number of fused-ring (bicyclic) bond motifs is 2. The number of rotatable bonds is 5. The summed E-state index contributed by atoms with van der Waals surface area (Å²) in [4.78, 5) is 30.4. The number of urea groups is 1. The highest BCUT2D eigenvalue weighted by Gasteiger charge is 2.59. The third-order valence-corrected chi connectivity index (χ3v) is 9.05. The molecule has 39 heavy (non-hydrogen) atoms. The summed E-state index contributed by atoms with van der Waals surface area (Å²) in [7, 11) is 1.62. The number of anilines is 2. The predicted octanol–water partition coefficient (Wildman–Crippen LogP) is 7.10. The zero-order valence-corrected chi connectivity index (χ0v) is 24.4. The van der Waals surface area contributed by atoms with E-state index in [0.29, 0.717) is 36.2 Å². The molecule has 1 N–H and O–H groups in total. The van der Waals surface area contributed by atoms with Crippen molar-refractivity contribution in [2.75, 3.05) is 29.6 Å². The molecular weight excluding hydrogens is 506 g/mol. The van der Waals surface area contributed by atoms with Gasteiger partial charge >= 0.3 is 6.03 Å². The Labute approximate surface area is 235 Å². The van der Waals surface area contributed by atoms with Crippen LogP contribution in [0.2, 0.25) is 0 Å². The van der Waals surface area contributed by atoms with Gasteiger partial charge < -0.3 is 15.0 Å². The molecule has 5 rings (SSSR count). The van der Waals surface area contributed by atoms with Gasteiger partial charge in [0.25, 0.3) is 5.91 Å². The number of benzene rings is 3. The average molecular weight is 544 g/mol. The fourth-order valence-corrected chi connectivity index (χ4v) is 6.77. The van der Waals surface area contributed by atoms with Crippen molar-refractivity contribution in [3.63, 3.8) is 0 Å². The predicted molar refractivity (Wildman–Crippen MR) is 160 cm³/mol. The summed E-state index contributed by atoms with van der Waals surface area (Å²) in [5.41, 5.74) is 5.87. The quantitative estimate of drug-likeness (QED) is 0.373. The summed E-state index contributed by atoms with van der Waals surface area (Å²) in [6.45, 7) is 11.7. The molecule has 1 atom stereocenters. The van der Waals surface area contributed by atoms with Crippen LogP contribution in [0.15, 0.2) is 66.7 Å². The maximum Gasteiger partial charge on any atom is 0.323 e. The molecule has 2 heterocycles. The molecule has 204 valence electrons. The number of hydrogen-bond donors (Lipinski definition) is 1. The van der Waals surface area contributed by atoms with E-state index >= 15 is 0 Å². The van der Waals surface area contributed by atoms with E-state index in [0.717, 1.165) is 16.8 Å². The monoisotopic (exact) mass is 543 g/mol. The molecular formula is C32H37N3O3S. The Balaban J connectivity index is 1.48. The second-order valence-electron chi connectivity index (χ2n) is 11.6. The van der Waals surface area contributed by atoms with Crippen LogP contribution in [0.25, 0.3) is 0 Å². The molecule has 0 bridgehead atoms. The Bertz CT molecular complexity index is 1380. The molecule has 1 spiro atoms. The maximum absolute atomic E-state index is 14.3. The summed E-state index contributed by atoms with van der Waals surface area (Å²) >= 11 is 1.51. The van der Waals surface area contributed by atoms with Gasteiger partial charge in [-0.25, -0.2) is 4.79 Å². The number of nitrogens with one attached hydrogen (secondary N) is 1. The number of carbonyl (C=O) groups is 2. The zero-order chi connectivity index (χ0) is 27.9. The van der Waals surface area contributed by atoms with Crippen molar-refractivity contribution in [1.29, 1.82) is 0 Å². The molecule has 7 heteroatoms. The van der Waals surface area contributed by atoms with Crippen molar-refractivity contribution in [1.82, 2.24) is 4.90 Å². The van der Waals surface area contributed by atoms with Crippen LogP contribution in [0.1, 0.15) is 62.8 Å². The van der Waals surface area contributed by atoms with E-state index in [1.807, 2.05) is 47.4 Å². The van der Waals surface area contributed by atoms with Crippen LogP contribution in [0, 0.1) is 0 Å².